The van der Waals surface area contributed by atoms with Crippen LogP contribution < -0.4 is 4.90 Å². The number of amides is 1. The van der Waals surface area contributed by atoms with Crippen molar-refractivity contribution in [3.8, 4) is 11.3 Å². The highest BCUT2D eigenvalue weighted by Crippen LogP contribution is 2.35. The smallest absolute Gasteiger partial charge is 0.264 e. The molecule has 1 unspecified atom stereocenters. The predicted molar refractivity (Wildman–Crippen MR) is 108 cm³/mol. The Kier molecular flexibility index (Phi) is 4.65. The molecule has 2 heterocycles. The first-order chi connectivity index (χ1) is 12.5. The third kappa shape index (κ3) is 3.58. The third-order valence-electron chi connectivity index (χ3n) is 4.12. The third-order valence-corrected chi connectivity index (χ3v) is 5.47. The van der Waals surface area contributed by atoms with Gasteiger partial charge >= 0.3 is 0 Å². The summed E-state index contributed by atoms with van der Waals surface area (Å²) >= 11 is 4.91. The first kappa shape index (κ1) is 17.4. The van der Waals surface area contributed by atoms with E-state index in [1.54, 1.807) is 4.90 Å². The number of halogens is 1. The molecule has 1 aliphatic rings. The van der Waals surface area contributed by atoms with Gasteiger partial charge in [0.2, 0.25) is 0 Å². The first-order valence-corrected chi connectivity index (χ1v) is 9.94. The number of aromatic nitrogens is 1. The number of carbonyl (C=O) groups is 1. The van der Waals surface area contributed by atoms with E-state index in [1.165, 1.54) is 11.3 Å². The number of aryl methyl sites for hydroxylation is 2. The molecule has 1 aromatic heterocycles. The number of hydrogen-bond donors (Lipinski definition) is 0. The van der Waals surface area contributed by atoms with Crippen molar-refractivity contribution >= 4 is 44.0 Å². The quantitative estimate of drug-likeness (QED) is 0.532. The zero-order valence-corrected chi connectivity index (χ0v) is 16.8. The number of hydrogen-bond acceptors (Lipinski definition) is 4. The predicted octanol–water partition coefficient (Wildman–Crippen LogP) is 5.25. The van der Waals surface area contributed by atoms with E-state index in [0.29, 0.717) is 11.7 Å². The molecule has 1 aliphatic heterocycles. The Labute approximate surface area is 164 Å². The summed E-state index contributed by atoms with van der Waals surface area (Å²) in [7, 11) is 0. The minimum Gasteiger partial charge on any atom is -0.363 e. The molecule has 132 valence electrons. The number of thiazole rings is 1. The molecule has 4 rings (SSSR count). The Morgan fingerprint density at radius 1 is 1.19 bits per heavy atom. The second-order valence-corrected chi connectivity index (χ2v) is 8.12. The van der Waals surface area contributed by atoms with Gasteiger partial charge < -0.3 is 4.74 Å². The van der Waals surface area contributed by atoms with Crippen molar-refractivity contribution in [2.45, 2.75) is 20.0 Å². The summed E-state index contributed by atoms with van der Waals surface area (Å²) in [5.41, 5.74) is 4.93. The topological polar surface area (TPSA) is 45.7 Å². The number of epoxide rings is 1. The average molecular weight is 429 g/mol. The van der Waals surface area contributed by atoms with Crippen molar-refractivity contribution in [1.29, 1.82) is 0 Å². The second-order valence-electron chi connectivity index (χ2n) is 6.36. The molecule has 1 saturated heterocycles. The first-order valence-electron chi connectivity index (χ1n) is 8.26. The van der Waals surface area contributed by atoms with Crippen LogP contribution in [0.5, 0.6) is 0 Å². The van der Waals surface area contributed by atoms with Gasteiger partial charge in [-0.1, -0.05) is 34.1 Å². The fraction of sp³-hybridized carbons (Fsp3) is 0.200. The molecule has 0 bridgehead atoms. The van der Waals surface area contributed by atoms with Crippen molar-refractivity contribution in [2.24, 2.45) is 0 Å². The van der Waals surface area contributed by atoms with Gasteiger partial charge in [0.15, 0.2) is 11.2 Å². The highest BCUT2D eigenvalue weighted by molar-refractivity contribution is 9.10. The summed E-state index contributed by atoms with van der Waals surface area (Å²) in [6.07, 6.45) is -0.365. The number of rotatable bonds is 4. The summed E-state index contributed by atoms with van der Waals surface area (Å²) in [4.78, 5) is 19.3. The Bertz CT molecular complexity index is 944. The lowest BCUT2D eigenvalue weighted by molar-refractivity contribution is -0.119. The molecule has 6 heteroatoms. The van der Waals surface area contributed by atoms with Crippen LogP contribution in [0, 0.1) is 13.8 Å². The molecular formula is C20H17BrN2O2S. The monoisotopic (exact) mass is 428 g/mol. The molecular weight excluding hydrogens is 412 g/mol. The zero-order valence-electron chi connectivity index (χ0n) is 14.4. The molecule has 0 N–H and O–H groups in total. The largest absolute Gasteiger partial charge is 0.363 e. The maximum Gasteiger partial charge on any atom is 0.264 e. The van der Waals surface area contributed by atoms with E-state index in [4.69, 9.17) is 9.72 Å². The van der Waals surface area contributed by atoms with Crippen LogP contribution in [0.1, 0.15) is 11.1 Å². The van der Waals surface area contributed by atoms with Gasteiger partial charge in [-0.05, 0) is 49.2 Å². The number of carbonyl (C=O) groups excluding carboxylic acids is 1. The molecule has 0 aliphatic carbocycles. The van der Waals surface area contributed by atoms with Crippen molar-refractivity contribution in [2.75, 3.05) is 11.5 Å². The van der Waals surface area contributed by atoms with E-state index in [-0.39, 0.29) is 12.0 Å². The molecule has 2 aromatic carbocycles. The summed E-state index contributed by atoms with van der Waals surface area (Å²) in [6, 6.07) is 14.1. The van der Waals surface area contributed by atoms with Gasteiger partial charge in [0.05, 0.1) is 18.0 Å². The fourth-order valence-electron chi connectivity index (χ4n) is 2.87. The maximum atomic E-state index is 12.9. The minimum atomic E-state index is -0.365. The van der Waals surface area contributed by atoms with Crippen LogP contribution in [0.15, 0.2) is 52.3 Å². The molecule has 1 amide bonds. The highest BCUT2D eigenvalue weighted by Gasteiger charge is 2.37. The van der Waals surface area contributed by atoms with Gasteiger partial charge in [-0.2, -0.15) is 0 Å². The van der Waals surface area contributed by atoms with Crippen LogP contribution in [0.2, 0.25) is 0 Å². The summed E-state index contributed by atoms with van der Waals surface area (Å²) in [5, 5.41) is 2.64. The summed E-state index contributed by atoms with van der Waals surface area (Å²) in [5.74, 6) is -0.0632. The molecule has 4 nitrogen and oxygen atoms in total. The maximum absolute atomic E-state index is 12.9. The van der Waals surface area contributed by atoms with Crippen LogP contribution in [-0.2, 0) is 9.53 Å². The molecule has 3 aromatic rings. The van der Waals surface area contributed by atoms with Crippen molar-refractivity contribution < 1.29 is 9.53 Å². The van der Waals surface area contributed by atoms with E-state index >= 15 is 0 Å². The minimum absolute atomic E-state index is 0.0632. The lowest BCUT2D eigenvalue weighted by Gasteiger charge is -2.20. The average Bonchev–Trinajstić information content (AvgIpc) is 3.34. The zero-order chi connectivity index (χ0) is 18.3. The van der Waals surface area contributed by atoms with E-state index in [2.05, 4.69) is 22.0 Å². The fourth-order valence-corrected chi connectivity index (χ4v) is 3.99. The SMILES string of the molecule is Cc1cc(C)cc(N(C(=O)C2CO2)c2nc(-c3ccc(Br)cc3)cs2)c1. The molecule has 1 atom stereocenters. The van der Waals surface area contributed by atoms with Crippen LogP contribution in [0.25, 0.3) is 11.3 Å². The lowest BCUT2D eigenvalue weighted by atomic mass is 10.1. The van der Waals surface area contributed by atoms with E-state index in [0.717, 1.165) is 32.5 Å². The van der Waals surface area contributed by atoms with Gasteiger partial charge in [-0.15, -0.1) is 11.3 Å². The van der Waals surface area contributed by atoms with E-state index < -0.39 is 0 Å². The van der Waals surface area contributed by atoms with Gasteiger partial charge in [0, 0.05) is 15.4 Å². The highest BCUT2D eigenvalue weighted by atomic mass is 79.9. The number of ether oxygens (including phenoxy) is 1. The van der Waals surface area contributed by atoms with Crippen molar-refractivity contribution in [3.63, 3.8) is 0 Å². The number of anilines is 2. The molecule has 1 fully saturated rings. The lowest BCUT2D eigenvalue weighted by Crippen LogP contribution is -2.30. The molecule has 26 heavy (non-hydrogen) atoms. The van der Waals surface area contributed by atoms with Gasteiger partial charge in [-0.3, -0.25) is 9.69 Å². The Morgan fingerprint density at radius 3 is 2.46 bits per heavy atom. The van der Waals surface area contributed by atoms with Gasteiger partial charge in [0.25, 0.3) is 5.91 Å². The normalized spacial score (nSPS) is 15.7. The van der Waals surface area contributed by atoms with Crippen LogP contribution >= 0.6 is 27.3 Å². The van der Waals surface area contributed by atoms with Crippen molar-refractivity contribution in [1.82, 2.24) is 4.98 Å². The Morgan fingerprint density at radius 2 is 1.85 bits per heavy atom. The van der Waals surface area contributed by atoms with Crippen LogP contribution in [-0.4, -0.2) is 23.6 Å². The summed E-state index contributed by atoms with van der Waals surface area (Å²) < 4.78 is 6.26. The molecule has 0 saturated carbocycles. The van der Waals surface area contributed by atoms with Crippen LogP contribution in [0.4, 0.5) is 10.8 Å². The number of benzene rings is 2. The Balaban J connectivity index is 1.75. The summed E-state index contributed by atoms with van der Waals surface area (Å²) in [6.45, 7) is 4.54. The molecule has 0 radical (unpaired) electrons. The standard InChI is InChI=1S/C20H17BrN2O2S/c1-12-7-13(2)9-16(8-12)23(19(24)18-10-25-18)20-22-17(11-26-20)14-3-5-15(21)6-4-14/h3-9,11,18H,10H2,1-2H3. The van der Waals surface area contributed by atoms with E-state index in [1.807, 2.05) is 55.6 Å². The van der Waals surface area contributed by atoms with Gasteiger partial charge in [-0.25, -0.2) is 4.98 Å². The Hall–Kier alpha value is -2.02. The van der Waals surface area contributed by atoms with E-state index in [9.17, 15) is 4.79 Å². The van der Waals surface area contributed by atoms with Crippen molar-refractivity contribution in [3.05, 3.63) is 63.4 Å². The van der Waals surface area contributed by atoms with Gasteiger partial charge in [0.1, 0.15) is 0 Å². The van der Waals surface area contributed by atoms with Crippen LogP contribution in [0.3, 0.4) is 0 Å². The molecule has 0 spiro atoms. The number of nitrogens with zero attached hydrogens (tertiary/aromatic N) is 2. The second kappa shape index (κ2) is 6.95.